The van der Waals surface area contributed by atoms with E-state index in [1.54, 1.807) is 5.32 Å². The Hall–Kier alpha value is -2.36. The maximum atomic E-state index is 10.9. The monoisotopic (exact) mass is 180 g/mol. The summed E-state index contributed by atoms with van der Waals surface area (Å²) in [6, 6.07) is 0.883. The van der Waals surface area contributed by atoms with Crippen LogP contribution in [0.5, 0.6) is 0 Å². The van der Waals surface area contributed by atoms with Gasteiger partial charge in [-0.1, -0.05) is 0 Å². The summed E-state index contributed by atoms with van der Waals surface area (Å²) >= 11 is 0. The molecule has 7 nitrogen and oxygen atoms in total. The molecule has 66 valence electrons. The van der Waals surface area contributed by atoms with Crippen LogP contribution >= 0.6 is 0 Å². The number of aromatic amines is 2. The Kier molecular flexibility index (Phi) is 2.26. The minimum atomic E-state index is -0.828. The molecule has 1 rings (SSSR count). The lowest BCUT2D eigenvalue weighted by Crippen LogP contribution is -2.28. The highest BCUT2D eigenvalue weighted by molar-refractivity contribution is 5.92. The summed E-state index contributed by atoms with van der Waals surface area (Å²) < 4.78 is 0. The number of hydrogen-bond donors (Lipinski definition) is 3. The largest absolute Gasteiger partial charge is 0.326 e. The molecule has 7 heteroatoms. The summed E-state index contributed by atoms with van der Waals surface area (Å²) in [5.41, 5.74) is -1.75. The number of hydrogen-bond acceptors (Lipinski definition) is 4. The predicted octanol–water partition coefficient (Wildman–Crippen LogP) is -1.73. The van der Waals surface area contributed by atoms with Gasteiger partial charge in [-0.05, 0) is 0 Å². The van der Waals surface area contributed by atoms with Crippen LogP contribution in [0.3, 0.4) is 0 Å². The number of nitriles is 1. The minimum absolute atomic E-state index is 0.254. The van der Waals surface area contributed by atoms with E-state index in [1.165, 1.54) is 6.19 Å². The summed E-state index contributed by atoms with van der Waals surface area (Å²) in [5.74, 6) is -0.828. The van der Waals surface area contributed by atoms with Gasteiger partial charge in [0, 0.05) is 6.07 Å². The fourth-order valence-electron chi connectivity index (χ4n) is 0.709. The third-order valence-corrected chi connectivity index (χ3v) is 1.17. The highest BCUT2D eigenvalue weighted by Crippen LogP contribution is 1.82. The summed E-state index contributed by atoms with van der Waals surface area (Å²) in [6.07, 6.45) is 1.37. The van der Waals surface area contributed by atoms with Crippen LogP contribution in [0.1, 0.15) is 10.5 Å². The van der Waals surface area contributed by atoms with Gasteiger partial charge in [-0.25, -0.2) is 4.79 Å². The zero-order valence-corrected chi connectivity index (χ0v) is 6.25. The van der Waals surface area contributed by atoms with Gasteiger partial charge in [0.25, 0.3) is 11.5 Å². The van der Waals surface area contributed by atoms with E-state index in [1.807, 2.05) is 4.98 Å². The predicted molar refractivity (Wildman–Crippen MR) is 40.8 cm³/mol. The van der Waals surface area contributed by atoms with Gasteiger partial charge in [-0.3, -0.25) is 19.9 Å². The van der Waals surface area contributed by atoms with Crippen LogP contribution < -0.4 is 16.6 Å². The standard InChI is InChI=1S/C6H4N4O3/c7-2-8-5(12)3-1-4(11)10-6(13)9-3/h1H,(H,8,12)(H2,9,10,11,13). The number of H-pyrrole nitrogens is 2. The van der Waals surface area contributed by atoms with Crippen molar-refractivity contribution in [2.45, 2.75) is 0 Å². The molecule has 0 saturated heterocycles. The van der Waals surface area contributed by atoms with Crippen LogP contribution in [0, 0.1) is 11.5 Å². The summed E-state index contributed by atoms with van der Waals surface area (Å²) in [5, 5.41) is 9.84. The van der Waals surface area contributed by atoms with Crippen LogP contribution in [0.2, 0.25) is 0 Å². The van der Waals surface area contributed by atoms with E-state index < -0.39 is 17.2 Å². The molecule has 0 saturated carbocycles. The van der Waals surface area contributed by atoms with Crippen molar-refractivity contribution in [3.05, 3.63) is 32.6 Å². The van der Waals surface area contributed by atoms with Gasteiger partial charge in [-0.2, -0.15) is 5.26 Å². The smallest absolute Gasteiger partial charge is 0.303 e. The lowest BCUT2D eigenvalue weighted by atomic mass is 10.4. The fraction of sp³-hybridized carbons (Fsp3) is 0. The zero-order valence-electron chi connectivity index (χ0n) is 6.25. The van der Waals surface area contributed by atoms with Crippen LogP contribution in [-0.4, -0.2) is 15.9 Å². The van der Waals surface area contributed by atoms with Crippen molar-refractivity contribution in [1.82, 2.24) is 15.3 Å². The molecule has 0 aliphatic rings. The maximum absolute atomic E-state index is 10.9. The Morgan fingerprint density at radius 3 is 2.69 bits per heavy atom. The molecule has 0 unspecified atom stereocenters. The summed E-state index contributed by atoms with van der Waals surface area (Å²) in [6.45, 7) is 0. The quantitative estimate of drug-likeness (QED) is 0.351. The third kappa shape index (κ3) is 2.03. The molecule has 13 heavy (non-hydrogen) atoms. The van der Waals surface area contributed by atoms with E-state index in [0.29, 0.717) is 0 Å². The van der Waals surface area contributed by atoms with Gasteiger partial charge in [0.1, 0.15) is 5.69 Å². The molecule has 0 aliphatic heterocycles. The van der Waals surface area contributed by atoms with Gasteiger partial charge in [0.15, 0.2) is 6.19 Å². The minimum Gasteiger partial charge on any atom is -0.303 e. The Balaban J connectivity index is 3.18. The molecule has 1 heterocycles. The van der Waals surface area contributed by atoms with Crippen LogP contribution in [-0.2, 0) is 0 Å². The number of carbonyl (C=O) groups excluding carboxylic acids is 1. The van der Waals surface area contributed by atoms with E-state index in [2.05, 4.69) is 4.98 Å². The normalized spacial score (nSPS) is 8.85. The molecule has 1 amide bonds. The molecule has 1 aromatic rings. The van der Waals surface area contributed by atoms with Crippen molar-refractivity contribution in [2.75, 3.05) is 0 Å². The van der Waals surface area contributed by atoms with E-state index in [4.69, 9.17) is 5.26 Å². The van der Waals surface area contributed by atoms with Crippen LogP contribution in [0.4, 0.5) is 0 Å². The second-order valence-corrected chi connectivity index (χ2v) is 2.07. The molecule has 0 atom stereocenters. The second-order valence-electron chi connectivity index (χ2n) is 2.07. The number of amides is 1. The first-order chi connectivity index (χ1) is 6.13. The van der Waals surface area contributed by atoms with Crippen molar-refractivity contribution in [2.24, 2.45) is 0 Å². The van der Waals surface area contributed by atoms with Gasteiger partial charge in [0.05, 0.1) is 0 Å². The second kappa shape index (κ2) is 3.36. The first-order valence-corrected chi connectivity index (χ1v) is 3.16. The Morgan fingerprint density at radius 1 is 1.46 bits per heavy atom. The molecule has 1 aromatic heterocycles. The maximum Gasteiger partial charge on any atom is 0.326 e. The van der Waals surface area contributed by atoms with Crippen molar-refractivity contribution in [1.29, 1.82) is 5.26 Å². The molecule has 3 N–H and O–H groups in total. The van der Waals surface area contributed by atoms with Gasteiger partial charge in [-0.15, -0.1) is 0 Å². The van der Waals surface area contributed by atoms with Crippen LogP contribution in [0.15, 0.2) is 15.7 Å². The van der Waals surface area contributed by atoms with E-state index in [9.17, 15) is 14.4 Å². The summed E-state index contributed by atoms with van der Waals surface area (Å²) in [7, 11) is 0. The Bertz CT molecular complexity index is 449. The van der Waals surface area contributed by atoms with Gasteiger partial charge >= 0.3 is 5.69 Å². The molecular formula is C6H4N4O3. The average molecular weight is 180 g/mol. The average Bonchev–Trinajstić information content (AvgIpc) is 2.03. The zero-order chi connectivity index (χ0) is 9.84. The van der Waals surface area contributed by atoms with E-state index in [0.717, 1.165) is 6.07 Å². The summed E-state index contributed by atoms with van der Waals surface area (Å²) in [4.78, 5) is 36.2. The van der Waals surface area contributed by atoms with Gasteiger partial charge < -0.3 is 4.98 Å². The molecule has 0 aliphatic carbocycles. The SMILES string of the molecule is N#CNC(=O)c1cc(=O)[nH]c(=O)[nH]1. The van der Waals surface area contributed by atoms with Crippen molar-refractivity contribution >= 4 is 5.91 Å². The molecule has 0 bridgehead atoms. The number of carbonyl (C=O) groups is 1. The highest BCUT2D eigenvalue weighted by Gasteiger charge is 2.05. The van der Waals surface area contributed by atoms with Crippen LogP contribution in [0.25, 0.3) is 0 Å². The number of rotatable bonds is 1. The molecule has 0 aromatic carbocycles. The molecule has 0 radical (unpaired) electrons. The number of nitrogens with zero attached hydrogens (tertiary/aromatic N) is 1. The molecule has 0 spiro atoms. The van der Waals surface area contributed by atoms with E-state index >= 15 is 0 Å². The Labute approximate surface area is 71.0 Å². The van der Waals surface area contributed by atoms with E-state index in [-0.39, 0.29) is 5.69 Å². The lowest BCUT2D eigenvalue weighted by Gasteiger charge is -1.94. The molecular weight excluding hydrogens is 176 g/mol. The first kappa shape index (κ1) is 8.73. The Morgan fingerprint density at radius 2 is 2.15 bits per heavy atom. The lowest BCUT2D eigenvalue weighted by molar-refractivity contribution is 0.0967. The van der Waals surface area contributed by atoms with Crippen molar-refractivity contribution in [3.63, 3.8) is 0 Å². The van der Waals surface area contributed by atoms with Crippen molar-refractivity contribution in [3.8, 4) is 6.19 Å². The first-order valence-electron chi connectivity index (χ1n) is 3.16. The molecule has 0 fully saturated rings. The van der Waals surface area contributed by atoms with Gasteiger partial charge in [0.2, 0.25) is 0 Å². The van der Waals surface area contributed by atoms with Crippen molar-refractivity contribution < 1.29 is 4.79 Å². The number of aromatic nitrogens is 2. The fourth-order valence-corrected chi connectivity index (χ4v) is 0.709. The highest BCUT2D eigenvalue weighted by atomic mass is 16.2. The number of nitrogens with one attached hydrogen (secondary N) is 3. The topological polar surface area (TPSA) is 119 Å². The third-order valence-electron chi connectivity index (χ3n) is 1.17.